The number of aromatic amines is 1. The number of aryl methyl sites for hydroxylation is 3. The molecule has 1 amide bonds. The topological polar surface area (TPSA) is 111 Å². The monoisotopic (exact) mass is 508 g/mol. The highest BCUT2D eigenvalue weighted by molar-refractivity contribution is 6.32. The Morgan fingerprint density at radius 2 is 1.86 bits per heavy atom. The summed E-state index contributed by atoms with van der Waals surface area (Å²) in [6.45, 7) is 7.80. The molecule has 1 aromatic carbocycles. The Bertz CT molecular complexity index is 1280. The molecule has 1 saturated heterocycles. The molecular formula is C26H33ClN8O. The second-order valence-electron chi connectivity index (χ2n) is 10.00. The fourth-order valence-corrected chi connectivity index (χ4v) is 5.18. The lowest BCUT2D eigenvalue weighted by Crippen LogP contribution is -2.49. The van der Waals surface area contributed by atoms with Gasteiger partial charge >= 0.3 is 0 Å². The van der Waals surface area contributed by atoms with Gasteiger partial charge in [0.05, 0.1) is 11.7 Å². The Morgan fingerprint density at radius 1 is 1.11 bits per heavy atom. The van der Waals surface area contributed by atoms with E-state index in [1.807, 2.05) is 24.9 Å². The molecular weight excluding hydrogens is 476 g/mol. The third-order valence-corrected chi connectivity index (χ3v) is 7.69. The Kier molecular flexibility index (Phi) is 6.61. The molecule has 2 aromatic heterocycles. The zero-order chi connectivity index (χ0) is 25.4. The van der Waals surface area contributed by atoms with Crippen LogP contribution in [0.3, 0.4) is 0 Å². The summed E-state index contributed by atoms with van der Waals surface area (Å²) in [5, 5.41) is 17.2. The summed E-state index contributed by atoms with van der Waals surface area (Å²) < 4.78 is 0. The SMILES string of the molecule is CNC1(C(=O)N2CCC(c3cc(C)c(Nc4ncc(Cl)c(Nc5cc(C)[nH]n5)n4)cc3C)CC2)CC1. The van der Waals surface area contributed by atoms with E-state index in [0.29, 0.717) is 28.5 Å². The first-order chi connectivity index (χ1) is 17.3. The van der Waals surface area contributed by atoms with Gasteiger partial charge in [0.1, 0.15) is 5.02 Å². The summed E-state index contributed by atoms with van der Waals surface area (Å²) in [6.07, 6.45) is 5.45. The maximum atomic E-state index is 12.9. The number of nitrogens with zero attached hydrogens (tertiary/aromatic N) is 4. The minimum absolute atomic E-state index is 0.273. The van der Waals surface area contributed by atoms with Crippen LogP contribution in [0.5, 0.6) is 0 Å². The van der Waals surface area contributed by atoms with Gasteiger partial charge in [0.2, 0.25) is 11.9 Å². The van der Waals surface area contributed by atoms with Crippen molar-refractivity contribution in [1.82, 2.24) is 30.4 Å². The number of halogens is 1. The van der Waals surface area contributed by atoms with E-state index in [2.05, 4.69) is 62.1 Å². The minimum atomic E-state index is -0.289. The number of likely N-dealkylation sites (N-methyl/N-ethyl adjacent to an activating group) is 1. The Hall–Kier alpha value is -3.17. The largest absolute Gasteiger partial charge is 0.341 e. The smallest absolute Gasteiger partial charge is 0.242 e. The third-order valence-electron chi connectivity index (χ3n) is 7.42. The van der Waals surface area contributed by atoms with Gasteiger partial charge in [-0.25, -0.2) is 4.98 Å². The van der Waals surface area contributed by atoms with Crippen molar-refractivity contribution in [3.05, 3.63) is 51.8 Å². The lowest BCUT2D eigenvalue weighted by molar-refractivity contribution is -0.135. The number of hydrogen-bond acceptors (Lipinski definition) is 7. The third kappa shape index (κ3) is 4.90. The van der Waals surface area contributed by atoms with Gasteiger partial charge in [-0.3, -0.25) is 9.89 Å². The molecule has 190 valence electrons. The predicted octanol–water partition coefficient (Wildman–Crippen LogP) is 4.72. The number of piperidine rings is 1. The molecule has 0 radical (unpaired) electrons. The molecule has 3 heterocycles. The molecule has 0 atom stereocenters. The number of nitrogens with one attached hydrogen (secondary N) is 4. The summed E-state index contributed by atoms with van der Waals surface area (Å²) in [7, 11) is 1.89. The number of aromatic nitrogens is 4. The molecule has 2 aliphatic rings. The quantitative estimate of drug-likeness (QED) is 0.365. The van der Waals surface area contributed by atoms with E-state index in [9.17, 15) is 4.79 Å². The van der Waals surface area contributed by atoms with Crippen LogP contribution in [0.1, 0.15) is 54.0 Å². The van der Waals surface area contributed by atoms with Gasteiger partial charge in [-0.05, 0) is 82.2 Å². The molecule has 5 rings (SSSR count). The molecule has 2 fully saturated rings. The van der Waals surface area contributed by atoms with Crippen molar-refractivity contribution >= 4 is 40.8 Å². The van der Waals surface area contributed by atoms with Crippen molar-refractivity contribution in [2.24, 2.45) is 0 Å². The highest BCUT2D eigenvalue weighted by atomic mass is 35.5. The summed E-state index contributed by atoms with van der Waals surface area (Å²) in [6, 6.07) is 6.30. The number of amides is 1. The van der Waals surface area contributed by atoms with Crippen molar-refractivity contribution < 1.29 is 4.79 Å². The second kappa shape index (κ2) is 9.71. The maximum Gasteiger partial charge on any atom is 0.242 e. The highest BCUT2D eigenvalue weighted by Crippen LogP contribution is 2.39. The predicted molar refractivity (Wildman–Crippen MR) is 142 cm³/mol. The molecule has 10 heteroatoms. The van der Waals surface area contributed by atoms with Crippen LogP contribution in [0.15, 0.2) is 24.4 Å². The first-order valence-corrected chi connectivity index (χ1v) is 12.8. The van der Waals surface area contributed by atoms with Crippen LogP contribution < -0.4 is 16.0 Å². The van der Waals surface area contributed by atoms with Gasteiger partial charge in [0, 0.05) is 30.5 Å². The van der Waals surface area contributed by atoms with Crippen molar-refractivity contribution in [2.45, 2.75) is 57.9 Å². The molecule has 0 unspecified atom stereocenters. The van der Waals surface area contributed by atoms with Gasteiger partial charge in [-0.15, -0.1) is 0 Å². The summed E-state index contributed by atoms with van der Waals surface area (Å²) in [4.78, 5) is 23.8. The van der Waals surface area contributed by atoms with Crippen molar-refractivity contribution in [2.75, 3.05) is 30.8 Å². The van der Waals surface area contributed by atoms with E-state index in [4.69, 9.17) is 11.6 Å². The number of rotatable bonds is 7. The van der Waals surface area contributed by atoms with Gasteiger partial charge in [-0.2, -0.15) is 10.1 Å². The molecule has 1 aliphatic heterocycles. The van der Waals surface area contributed by atoms with Crippen LogP contribution in [0, 0.1) is 20.8 Å². The number of carbonyl (C=O) groups excluding carboxylic acids is 1. The van der Waals surface area contributed by atoms with Crippen molar-refractivity contribution in [3.63, 3.8) is 0 Å². The first kappa shape index (κ1) is 24.5. The highest BCUT2D eigenvalue weighted by Gasteiger charge is 2.50. The number of benzene rings is 1. The summed E-state index contributed by atoms with van der Waals surface area (Å²) in [5.41, 5.74) is 5.31. The summed E-state index contributed by atoms with van der Waals surface area (Å²) >= 11 is 6.30. The fourth-order valence-electron chi connectivity index (χ4n) is 5.04. The Balaban J connectivity index is 1.27. The molecule has 36 heavy (non-hydrogen) atoms. The summed E-state index contributed by atoms with van der Waals surface area (Å²) in [5.74, 6) is 2.30. The number of anilines is 4. The molecule has 1 saturated carbocycles. The minimum Gasteiger partial charge on any atom is -0.341 e. The van der Waals surface area contributed by atoms with E-state index in [1.54, 1.807) is 6.20 Å². The molecule has 9 nitrogen and oxygen atoms in total. The molecule has 0 spiro atoms. The zero-order valence-electron chi connectivity index (χ0n) is 21.2. The second-order valence-corrected chi connectivity index (χ2v) is 10.4. The lowest BCUT2D eigenvalue weighted by atomic mass is 9.85. The molecule has 3 aromatic rings. The molecule has 0 bridgehead atoms. The van der Waals surface area contributed by atoms with Gasteiger partial charge in [0.15, 0.2) is 11.6 Å². The normalized spacial score (nSPS) is 17.2. The van der Waals surface area contributed by atoms with Gasteiger partial charge in [0.25, 0.3) is 0 Å². The van der Waals surface area contributed by atoms with Gasteiger partial charge < -0.3 is 20.9 Å². The zero-order valence-corrected chi connectivity index (χ0v) is 22.0. The van der Waals surface area contributed by atoms with Crippen LogP contribution in [0.2, 0.25) is 5.02 Å². The number of H-pyrrole nitrogens is 1. The Morgan fingerprint density at radius 3 is 2.50 bits per heavy atom. The fraction of sp³-hybridized carbons (Fsp3) is 0.462. The van der Waals surface area contributed by atoms with E-state index in [0.717, 1.165) is 55.7 Å². The van der Waals surface area contributed by atoms with Crippen molar-refractivity contribution in [3.8, 4) is 0 Å². The van der Waals surface area contributed by atoms with E-state index >= 15 is 0 Å². The lowest BCUT2D eigenvalue weighted by Gasteiger charge is -2.35. The molecule has 1 aliphatic carbocycles. The number of carbonyl (C=O) groups is 1. The average Bonchev–Trinajstić information content (AvgIpc) is 3.57. The molecule has 4 N–H and O–H groups in total. The Labute approximate surface area is 216 Å². The van der Waals surface area contributed by atoms with Crippen LogP contribution >= 0.6 is 11.6 Å². The standard InChI is InChI=1S/C26H33ClN8O/c1-15-12-21(30-25-29-14-20(27)23(32-25)31-22-13-17(3)33-34-22)16(2)11-19(15)18-5-9-35(10-6-18)24(36)26(28-4)7-8-26/h11-14,18,28H,5-10H2,1-4H3,(H3,29,30,31,32,33,34). The first-order valence-electron chi connectivity index (χ1n) is 12.5. The van der Waals surface area contributed by atoms with E-state index in [1.165, 1.54) is 11.1 Å². The van der Waals surface area contributed by atoms with Crippen LogP contribution in [0.4, 0.5) is 23.3 Å². The number of hydrogen-bond donors (Lipinski definition) is 4. The van der Waals surface area contributed by atoms with Crippen LogP contribution in [-0.2, 0) is 4.79 Å². The number of likely N-dealkylation sites (tertiary alicyclic amines) is 1. The van der Waals surface area contributed by atoms with Crippen LogP contribution in [-0.4, -0.2) is 56.6 Å². The van der Waals surface area contributed by atoms with E-state index < -0.39 is 0 Å². The van der Waals surface area contributed by atoms with E-state index in [-0.39, 0.29) is 11.4 Å². The van der Waals surface area contributed by atoms with Crippen molar-refractivity contribution in [1.29, 1.82) is 0 Å². The van der Waals surface area contributed by atoms with Gasteiger partial charge in [-0.1, -0.05) is 17.7 Å². The average molecular weight is 509 g/mol. The van der Waals surface area contributed by atoms with Crippen LogP contribution in [0.25, 0.3) is 0 Å². The maximum absolute atomic E-state index is 12.9.